The van der Waals surface area contributed by atoms with Crippen LogP contribution in [-0.2, 0) is 4.79 Å². The Morgan fingerprint density at radius 2 is 2.05 bits per heavy atom. The molecule has 3 amide bonds. The fourth-order valence-electron chi connectivity index (χ4n) is 2.42. The molecule has 22 heavy (non-hydrogen) atoms. The summed E-state index contributed by atoms with van der Waals surface area (Å²) in [6, 6.07) is 4.85. The number of nitrogens with one attached hydrogen (secondary N) is 3. The fourth-order valence-corrected chi connectivity index (χ4v) is 2.68. The van der Waals surface area contributed by atoms with Crippen LogP contribution in [-0.4, -0.2) is 31.6 Å². The van der Waals surface area contributed by atoms with E-state index in [-0.39, 0.29) is 12.6 Å². The lowest BCUT2D eigenvalue weighted by atomic mass is 10.2. The minimum atomic E-state index is -0.438. The molecule has 0 aromatic heterocycles. The lowest BCUT2D eigenvalue weighted by Gasteiger charge is -2.13. The zero-order chi connectivity index (χ0) is 15.9. The highest BCUT2D eigenvalue weighted by Crippen LogP contribution is 2.26. The minimum absolute atomic E-state index is 0.0132. The van der Waals surface area contributed by atoms with Crippen molar-refractivity contribution in [1.29, 1.82) is 0 Å². The molecular formula is C15H20ClN3O3. The predicted molar refractivity (Wildman–Crippen MR) is 85.4 cm³/mol. The Morgan fingerprint density at radius 3 is 2.68 bits per heavy atom. The summed E-state index contributed by atoms with van der Waals surface area (Å²) in [5.41, 5.74) is 0.678. The van der Waals surface area contributed by atoms with Crippen LogP contribution in [0, 0.1) is 0 Å². The number of carbonyl (C=O) groups is 2. The van der Waals surface area contributed by atoms with Crippen LogP contribution in [0.15, 0.2) is 18.2 Å². The maximum absolute atomic E-state index is 11.7. The molecule has 6 nitrogen and oxygen atoms in total. The Morgan fingerprint density at radius 1 is 1.32 bits per heavy atom. The summed E-state index contributed by atoms with van der Waals surface area (Å²) in [6.45, 7) is -0.0132. The van der Waals surface area contributed by atoms with Gasteiger partial charge in [-0.05, 0) is 31.0 Å². The molecule has 0 atom stereocenters. The molecule has 1 saturated carbocycles. The van der Waals surface area contributed by atoms with Crippen molar-refractivity contribution in [2.75, 3.05) is 19.0 Å². The van der Waals surface area contributed by atoms with E-state index < -0.39 is 11.9 Å². The standard InChI is InChI=1S/C15H20ClN3O3/c1-22-13-7-6-11(8-12(13)16)17-9-14(20)19-15(21)18-10-4-2-3-5-10/h6-8,10,17H,2-5,9H2,1H3,(H2,18,19,20,21). The van der Waals surface area contributed by atoms with Crippen molar-refractivity contribution in [1.82, 2.24) is 10.6 Å². The fraction of sp³-hybridized carbons (Fsp3) is 0.467. The van der Waals surface area contributed by atoms with Gasteiger partial charge in [-0.3, -0.25) is 10.1 Å². The number of urea groups is 1. The van der Waals surface area contributed by atoms with Crippen molar-refractivity contribution in [3.63, 3.8) is 0 Å². The first-order valence-corrected chi connectivity index (χ1v) is 7.64. The van der Waals surface area contributed by atoms with Gasteiger partial charge in [-0.2, -0.15) is 0 Å². The highest BCUT2D eigenvalue weighted by molar-refractivity contribution is 6.32. The Bertz CT molecular complexity index is 545. The number of halogens is 1. The number of amides is 3. The summed E-state index contributed by atoms with van der Waals surface area (Å²) in [4.78, 5) is 23.4. The van der Waals surface area contributed by atoms with Gasteiger partial charge in [0.25, 0.3) is 0 Å². The first kappa shape index (κ1) is 16.4. The van der Waals surface area contributed by atoms with E-state index in [2.05, 4.69) is 16.0 Å². The Kier molecular flexibility index (Phi) is 5.89. The van der Waals surface area contributed by atoms with Crippen LogP contribution in [0.25, 0.3) is 0 Å². The molecule has 0 aliphatic heterocycles. The quantitative estimate of drug-likeness (QED) is 0.777. The zero-order valence-corrected chi connectivity index (χ0v) is 13.2. The summed E-state index contributed by atoms with van der Waals surface area (Å²) >= 11 is 5.99. The maximum atomic E-state index is 11.7. The summed E-state index contributed by atoms with van der Waals surface area (Å²) in [7, 11) is 1.53. The van der Waals surface area contributed by atoms with Gasteiger partial charge in [-0.25, -0.2) is 4.79 Å². The van der Waals surface area contributed by atoms with Crippen LogP contribution in [0.3, 0.4) is 0 Å². The number of carbonyl (C=O) groups excluding carboxylic acids is 2. The van der Waals surface area contributed by atoms with Gasteiger partial charge in [0.2, 0.25) is 5.91 Å². The summed E-state index contributed by atoms with van der Waals surface area (Å²) in [5.74, 6) is 0.162. The molecule has 1 aromatic rings. The predicted octanol–water partition coefficient (Wildman–Crippen LogP) is 2.53. The molecule has 1 aliphatic rings. The third kappa shape index (κ3) is 4.80. The number of hydrogen-bond acceptors (Lipinski definition) is 4. The Hall–Kier alpha value is -1.95. The maximum Gasteiger partial charge on any atom is 0.321 e. The van der Waals surface area contributed by atoms with Crippen molar-refractivity contribution in [2.45, 2.75) is 31.7 Å². The van der Waals surface area contributed by atoms with Crippen LogP contribution in [0.4, 0.5) is 10.5 Å². The second kappa shape index (κ2) is 7.89. The van der Waals surface area contributed by atoms with Gasteiger partial charge in [0.1, 0.15) is 5.75 Å². The van der Waals surface area contributed by atoms with Crippen molar-refractivity contribution < 1.29 is 14.3 Å². The van der Waals surface area contributed by atoms with Gasteiger partial charge in [-0.15, -0.1) is 0 Å². The van der Waals surface area contributed by atoms with Crippen LogP contribution in [0.1, 0.15) is 25.7 Å². The normalized spacial score (nSPS) is 14.5. The molecule has 1 fully saturated rings. The number of anilines is 1. The largest absolute Gasteiger partial charge is 0.495 e. The van der Waals surface area contributed by atoms with Crippen molar-refractivity contribution in [2.24, 2.45) is 0 Å². The lowest BCUT2D eigenvalue weighted by molar-refractivity contribution is -0.118. The van der Waals surface area contributed by atoms with Gasteiger partial charge < -0.3 is 15.4 Å². The summed E-state index contributed by atoms with van der Waals surface area (Å²) < 4.78 is 5.05. The number of ether oxygens (including phenoxy) is 1. The van der Waals surface area contributed by atoms with E-state index in [1.165, 1.54) is 7.11 Å². The smallest absolute Gasteiger partial charge is 0.321 e. The average molecular weight is 326 g/mol. The Labute approximate surface area is 134 Å². The summed E-state index contributed by atoms with van der Waals surface area (Å²) in [5, 5.41) is 8.46. The van der Waals surface area contributed by atoms with Crippen LogP contribution < -0.4 is 20.7 Å². The van der Waals surface area contributed by atoms with E-state index in [0.717, 1.165) is 25.7 Å². The number of hydrogen-bond donors (Lipinski definition) is 3. The lowest BCUT2D eigenvalue weighted by Crippen LogP contribution is -2.45. The molecule has 7 heteroatoms. The number of imide groups is 1. The van der Waals surface area contributed by atoms with Gasteiger partial charge in [0.05, 0.1) is 18.7 Å². The number of methoxy groups -OCH3 is 1. The van der Waals surface area contributed by atoms with Gasteiger partial charge in [0.15, 0.2) is 0 Å². The summed E-state index contributed by atoms with van der Waals surface area (Å²) in [6.07, 6.45) is 4.20. The van der Waals surface area contributed by atoms with E-state index in [0.29, 0.717) is 16.5 Å². The molecule has 120 valence electrons. The molecule has 2 rings (SSSR count). The van der Waals surface area contributed by atoms with Crippen molar-refractivity contribution in [3.8, 4) is 5.75 Å². The number of benzene rings is 1. The van der Waals surface area contributed by atoms with Crippen LogP contribution in [0.2, 0.25) is 5.02 Å². The highest BCUT2D eigenvalue weighted by Gasteiger charge is 2.18. The molecule has 0 bridgehead atoms. The average Bonchev–Trinajstić information content (AvgIpc) is 2.98. The van der Waals surface area contributed by atoms with Gasteiger partial charge in [-0.1, -0.05) is 24.4 Å². The molecule has 3 N–H and O–H groups in total. The molecule has 0 heterocycles. The first-order chi connectivity index (χ1) is 10.6. The Balaban J connectivity index is 1.74. The van der Waals surface area contributed by atoms with Crippen molar-refractivity contribution in [3.05, 3.63) is 23.2 Å². The van der Waals surface area contributed by atoms with Crippen LogP contribution in [0.5, 0.6) is 5.75 Å². The molecule has 0 unspecified atom stereocenters. The third-order valence-electron chi connectivity index (χ3n) is 3.55. The molecule has 1 aromatic carbocycles. The third-order valence-corrected chi connectivity index (χ3v) is 3.84. The second-order valence-corrected chi connectivity index (χ2v) is 5.61. The topological polar surface area (TPSA) is 79.5 Å². The van der Waals surface area contributed by atoms with E-state index in [4.69, 9.17) is 16.3 Å². The van der Waals surface area contributed by atoms with Crippen LogP contribution >= 0.6 is 11.6 Å². The molecule has 0 spiro atoms. The van der Waals surface area contributed by atoms with E-state index in [1.54, 1.807) is 18.2 Å². The van der Waals surface area contributed by atoms with Gasteiger partial charge >= 0.3 is 6.03 Å². The first-order valence-electron chi connectivity index (χ1n) is 7.26. The van der Waals surface area contributed by atoms with E-state index >= 15 is 0 Å². The molecule has 0 radical (unpaired) electrons. The van der Waals surface area contributed by atoms with E-state index in [9.17, 15) is 9.59 Å². The SMILES string of the molecule is COc1ccc(NCC(=O)NC(=O)NC2CCCC2)cc1Cl. The van der Waals surface area contributed by atoms with Crippen molar-refractivity contribution >= 4 is 29.2 Å². The second-order valence-electron chi connectivity index (χ2n) is 5.21. The highest BCUT2D eigenvalue weighted by atomic mass is 35.5. The monoisotopic (exact) mass is 325 g/mol. The number of rotatable bonds is 5. The van der Waals surface area contributed by atoms with E-state index in [1.807, 2.05) is 0 Å². The zero-order valence-electron chi connectivity index (χ0n) is 12.4. The molecule has 0 saturated heterocycles. The molecule has 1 aliphatic carbocycles. The minimum Gasteiger partial charge on any atom is -0.495 e. The molecular weight excluding hydrogens is 306 g/mol. The van der Waals surface area contributed by atoms with Gasteiger partial charge in [0, 0.05) is 11.7 Å².